The topological polar surface area (TPSA) is 132 Å². The van der Waals surface area contributed by atoms with Gasteiger partial charge in [0.15, 0.2) is 5.82 Å². The summed E-state index contributed by atoms with van der Waals surface area (Å²) in [5.74, 6) is -0.618. The van der Waals surface area contributed by atoms with Crippen LogP contribution in [0.1, 0.15) is 23.0 Å². The van der Waals surface area contributed by atoms with E-state index in [0.29, 0.717) is 5.69 Å². The van der Waals surface area contributed by atoms with Crippen molar-refractivity contribution in [3.05, 3.63) is 64.1 Å². The van der Waals surface area contributed by atoms with Gasteiger partial charge in [0.2, 0.25) is 5.69 Å². The van der Waals surface area contributed by atoms with E-state index < -0.39 is 16.5 Å². The van der Waals surface area contributed by atoms with Gasteiger partial charge in [-0.1, -0.05) is 18.2 Å². The predicted octanol–water partition coefficient (Wildman–Crippen LogP) is 2.12. The molecule has 0 saturated heterocycles. The summed E-state index contributed by atoms with van der Waals surface area (Å²) in [5, 5.41) is 31.0. The van der Waals surface area contributed by atoms with E-state index in [4.69, 9.17) is 0 Å². The van der Waals surface area contributed by atoms with Crippen molar-refractivity contribution in [2.75, 3.05) is 5.32 Å². The zero-order chi connectivity index (χ0) is 18.7. The van der Waals surface area contributed by atoms with Crippen molar-refractivity contribution in [3.63, 3.8) is 0 Å². The number of amides is 1. The quantitative estimate of drug-likeness (QED) is 0.553. The molecule has 10 heteroatoms. The molecule has 0 radical (unpaired) electrons. The number of nitrogens with zero attached hydrogens (tertiary/aromatic N) is 6. The summed E-state index contributed by atoms with van der Waals surface area (Å²) >= 11 is 0. The first-order valence-electron chi connectivity index (χ1n) is 7.62. The molecule has 0 spiro atoms. The van der Waals surface area contributed by atoms with Crippen LogP contribution in [0.4, 0.5) is 11.5 Å². The molecule has 2 heterocycles. The Bertz CT molecular complexity index is 1010. The zero-order valence-corrected chi connectivity index (χ0v) is 13.7. The lowest BCUT2D eigenvalue weighted by atomic mass is 10.3. The van der Waals surface area contributed by atoms with Crippen LogP contribution in [-0.2, 0) is 6.54 Å². The van der Waals surface area contributed by atoms with E-state index in [2.05, 4.69) is 15.5 Å². The van der Waals surface area contributed by atoms with E-state index in [0.717, 1.165) is 6.20 Å². The number of benzene rings is 1. The van der Waals surface area contributed by atoms with Gasteiger partial charge in [0.05, 0.1) is 16.8 Å². The highest BCUT2D eigenvalue weighted by atomic mass is 16.6. The Labute approximate surface area is 147 Å². The summed E-state index contributed by atoms with van der Waals surface area (Å²) < 4.78 is 2.61. The molecule has 1 amide bonds. The molecule has 26 heavy (non-hydrogen) atoms. The molecule has 2 aromatic heterocycles. The highest BCUT2D eigenvalue weighted by Crippen LogP contribution is 2.23. The first kappa shape index (κ1) is 16.8. The Hall–Kier alpha value is -4.00. The van der Waals surface area contributed by atoms with E-state index in [9.17, 15) is 20.2 Å². The highest BCUT2D eigenvalue weighted by molar-refractivity contribution is 6.06. The molecule has 0 aliphatic rings. The average Bonchev–Trinajstić information content (AvgIpc) is 3.26. The van der Waals surface area contributed by atoms with Crippen LogP contribution < -0.4 is 5.32 Å². The molecule has 3 aromatic rings. The van der Waals surface area contributed by atoms with Crippen LogP contribution in [-0.4, -0.2) is 30.4 Å². The smallest absolute Gasteiger partial charge is 0.304 e. The molecule has 10 nitrogen and oxygen atoms in total. The van der Waals surface area contributed by atoms with Crippen molar-refractivity contribution in [3.8, 4) is 11.8 Å². The number of carbonyl (C=O) groups is 1. The van der Waals surface area contributed by atoms with Gasteiger partial charge in [0.1, 0.15) is 17.8 Å². The number of hydrogen-bond acceptors (Lipinski definition) is 6. The van der Waals surface area contributed by atoms with Crippen molar-refractivity contribution >= 4 is 17.4 Å². The second-order valence-corrected chi connectivity index (χ2v) is 5.17. The fraction of sp³-hybridized carbons (Fsp3) is 0.125. The molecule has 1 N–H and O–H groups in total. The molecule has 0 atom stereocenters. The van der Waals surface area contributed by atoms with Gasteiger partial charge in [-0.15, -0.1) is 0 Å². The number of para-hydroxylation sites is 1. The number of nitriles is 1. The average molecular weight is 351 g/mol. The van der Waals surface area contributed by atoms with Gasteiger partial charge in [0.25, 0.3) is 5.91 Å². The van der Waals surface area contributed by atoms with Crippen LogP contribution in [0.5, 0.6) is 0 Å². The number of aromatic nitrogens is 4. The van der Waals surface area contributed by atoms with Crippen LogP contribution in [0.3, 0.4) is 0 Å². The number of rotatable bonds is 5. The Morgan fingerprint density at radius 1 is 1.31 bits per heavy atom. The molecule has 1 aromatic carbocycles. The Morgan fingerprint density at radius 3 is 2.65 bits per heavy atom. The Morgan fingerprint density at radius 2 is 2.04 bits per heavy atom. The minimum Gasteiger partial charge on any atom is -0.304 e. The maximum absolute atomic E-state index is 12.7. The minimum absolute atomic E-state index is 0.127. The van der Waals surface area contributed by atoms with Gasteiger partial charge in [-0.25, -0.2) is 4.68 Å². The molecule has 0 aliphatic heterocycles. The zero-order valence-electron chi connectivity index (χ0n) is 13.7. The van der Waals surface area contributed by atoms with Crippen molar-refractivity contribution in [1.29, 1.82) is 5.26 Å². The van der Waals surface area contributed by atoms with Crippen molar-refractivity contribution in [1.82, 2.24) is 19.6 Å². The van der Waals surface area contributed by atoms with Gasteiger partial charge in [0, 0.05) is 6.54 Å². The fourth-order valence-corrected chi connectivity index (χ4v) is 2.46. The largest absolute Gasteiger partial charge is 0.320 e. The molecule has 0 saturated carbocycles. The Balaban J connectivity index is 2.04. The Kier molecular flexibility index (Phi) is 4.44. The third-order valence-corrected chi connectivity index (χ3v) is 3.65. The van der Waals surface area contributed by atoms with Gasteiger partial charge < -0.3 is 5.32 Å². The molecular formula is C16H13N7O3. The van der Waals surface area contributed by atoms with E-state index in [1.165, 1.54) is 15.6 Å². The summed E-state index contributed by atoms with van der Waals surface area (Å²) in [6.07, 6.45) is 2.34. The molecule has 0 bridgehead atoms. The van der Waals surface area contributed by atoms with E-state index in [1.54, 1.807) is 31.2 Å². The summed E-state index contributed by atoms with van der Waals surface area (Å²) in [4.78, 5) is 23.2. The molecular weight excluding hydrogens is 338 g/mol. The molecule has 0 aliphatic carbocycles. The van der Waals surface area contributed by atoms with Crippen LogP contribution in [0.2, 0.25) is 0 Å². The lowest BCUT2D eigenvalue weighted by Crippen LogP contribution is -2.21. The predicted molar refractivity (Wildman–Crippen MR) is 90.8 cm³/mol. The molecule has 0 fully saturated rings. The molecule has 130 valence electrons. The summed E-state index contributed by atoms with van der Waals surface area (Å²) in [7, 11) is 0. The standard InChI is InChI=1S/C16H13N7O3/c1-2-21-14(13(10-18-21)23(25)26)16(24)20-15-11(8-17)9-19-22(15)12-6-4-3-5-7-12/h3-7,9-10H,2H2,1H3,(H,20,24). The maximum Gasteiger partial charge on any atom is 0.320 e. The second kappa shape index (κ2) is 6.86. The molecule has 3 rings (SSSR count). The maximum atomic E-state index is 12.7. The summed E-state index contributed by atoms with van der Waals surface area (Å²) in [5.41, 5.74) is 0.158. The lowest BCUT2D eigenvalue weighted by molar-refractivity contribution is -0.385. The number of nitro groups is 1. The number of aryl methyl sites for hydroxylation is 1. The van der Waals surface area contributed by atoms with Crippen molar-refractivity contribution in [2.45, 2.75) is 13.5 Å². The van der Waals surface area contributed by atoms with Crippen molar-refractivity contribution in [2.24, 2.45) is 0 Å². The van der Waals surface area contributed by atoms with Gasteiger partial charge >= 0.3 is 5.69 Å². The van der Waals surface area contributed by atoms with E-state index in [-0.39, 0.29) is 23.6 Å². The number of nitrogens with one attached hydrogen (secondary N) is 1. The van der Waals surface area contributed by atoms with E-state index >= 15 is 0 Å². The van der Waals surface area contributed by atoms with Crippen molar-refractivity contribution < 1.29 is 9.72 Å². The van der Waals surface area contributed by atoms with Gasteiger partial charge in [-0.05, 0) is 19.1 Å². The van der Waals surface area contributed by atoms with Gasteiger partial charge in [-0.3, -0.25) is 19.6 Å². The van der Waals surface area contributed by atoms with Crippen LogP contribution in [0.15, 0.2) is 42.7 Å². The second-order valence-electron chi connectivity index (χ2n) is 5.17. The first-order valence-corrected chi connectivity index (χ1v) is 7.62. The third-order valence-electron chi connectivity index (χ3n) is 3.65. The summed E-state index contributed by atoms with van der Waals surface area (Å²) in [6, 6.07) is 10.8. The summed E-state index contributed by atoms with van der Waals surface area (Å²) in [6.45, 7) is 1.99. The fourth-order valence-electron chi connectivity index (χ4n) is 2.46. The minimum atomic E-state index is -0.745. The van der Waals surface area contributed by atoms with Crippen LogP contribution in [0.25, 0.3) is 5.69 Å². The van der Waals surface area contributed by atoms with Gasteiger partial charge in [-0.2, -0.15) is 15.5 Å². The molecule has 0 unspecified atom stereocenters. The highest BCUT2D eigenvalue weighted by Gasteiger charge is 2.28. The first-order chi connectivity index (χ1) is 12.6. The van der Waals surface area contributed by atoms with Crippen LogP contribution >= 0.6 is 0 Å². The normalized spacial score (nSPS) is 10.3. The lowest BCUT2D eigenvalue weighted by Gasteiger charge is -2.10. The monoisotopic (exact) mass is 351 g/mol. The van der Waals surface area contributed by atoms with E-state index in [1.807, 2.05) is 12.1 Å². The number of hydrogen-bond donors (Lipinski definition) is 1. The van der Waals surface area contributed by atoms with Crippen LogP contribution in [0, 0.1) is 21.4 Å². The SMILES string of the molecule is CCn1ncc([N+](=O)[O-])c1C(=O)Nc1c(C#N)cnn1-c1ccccc1. The number of anilines is 1. The third kappa shape index (κ3) is 2.89. The number of carbonyl (C=O) groups excluding carboxylic acids is 1.